The van der Waals surface area contributed by atoms with Crippen molar-refractivity contribution in [1.82, 2.24) is 5.32 Å². The van der Waals surface area contributed by atoms with Crippen LogP contribution in [0.2, 0.25) is 0 Å². The molecule has 0 bridgehead atoms. The number of thioether (sulfide) groups is 1. The lowest BCUT2D eigenvalue weighted by Crippen LogP contribution is -2.49. The molecule has 1 N–H and O–H groups in total. The molecule has 0 aromatic heterocycles. The van der Waals surface area contributed by atoms with Gasteiger partial charge >= 0.3 is 0 Å². The number of hydrogen-bond acceptors (Lipinski definition) is 2. The summed E-state index contributed by atoms with van der Waals surface area (Å²) in [6.45, 7) is 6.05. The minimum Gasteiger partial charge on any atom is -0.313 e. The van der Waals surface area contributed by atoms with Gasteiger partial charge in [-0.25, -0.2) is 0 Å². The van der Waals surface area contributed by atoms with Crippen molar-refractivity contribution in [2.24, 2.45) is 17.8 Å². The molecule has 1 aliphatic heterocycles. The molecule has 3 atom stereocenters. The van der Waals surface area contributed by atoms with Crippen LogP contribution in [0.5, 0.6) is 0 Å². The molecule has 82 valence electrons. The first-order valence-corrected chi connectivity index (χ1v) is 7.24. The quantitative estimate of drug-likeness (QED) is 0.773. The van der Waals surface area contributed by atoms with Crippen LogP contribution in [0.25, 0.3) is 0 Å². The number of rotatable bonds is 3. The summed E-state index contributed by atoms with van der Waals surface area (Å²) in [5.74, 6) is 5.62. The van der Waals surface area contributed by atoms with Gasteiger partial charge in [-0.1, -0.05) is 13.8 Å². The highest BCUT2D eigenvalue weighted by atomic mass is 32.2. The Labute approximate surface area is 92.4 Å². The maximum absolute atomic E-state index is 3.76. The highest BCUT2D eigenvalue weighted by molar-refractivity contribution is 7.99. The van der Waals surface area contributed by atoms with E-state index in [0.717, 1.165) is 23.8 Å². The van der Waals surface area contributed by atoms with E-state index in [2.05, 4.69) is 30.9 Å². The van der Waals surface area contributed by atoms with Crippen LogP contribution < -0.4 is 5.32 Å². The van der Waals surface area contributed by atoms with Gasteiger partial charge < -0.3 is 5.32 Å². The van der Waals surface area contributed by atoms with E-state index in [0.29, 0.717) is 0 Å². The van der Waals surface area contributed by atoms with E-state index in [-0.39, 0.29) is 0 Å². The van der Waals surface area contributed by atoms with Gasteiger partial charge in [-0.05, 0) is 55.1 Å². The molecule has 2 aliphatic rings. The molecule has 1 aliphatic carbocycles. The van der Waals surface area contributed by atoms with E-state index in [1.807, 2.05) is 0 Å². The lowest BCUT2D eigenvalue weighted by Gasteiger charge is -2.42. The Morgan fingerprint density at radius 2 is 1.93 bits per heavy atom. The van der Waals surface area contributed by atoms with Gasteiger partial charge in [-0.15, -0.1) is 0 Å². The predicted octanol–water partition coefficient (Wildman–Crippen LogP) is 2.76. The number of hydrogen-bond donors (Lipinski definition) is 1. The highest BCUT2D eigenvalue weighted by Gasteiger charge is 2.34. The van der Waals surface area contributed by atoms with E-state index in [1.54, 1.807) is 0 Å². The van der Waals surface area contributed by atoms with Gasteiger partial charge in [-0.3, -0.25) is 0 Å². The monoisotopic (exact) mass is 213 g/mol. The summed E-state index contributed by atoms with van der Waals surface area (Å²) < 4.78 is 0. The first-order chi connectivity index (χ1) is 6.77. The normalized spacial score (nSPS) is 39.4. The molecule has 2 heteroatoms. The van der Waals surface area contributed by atoms with Gasteiger partial charge in [0.2, 0.25) is 0 Å². The summed E-state index contributed by atoms with van der Waals surface area (Å²) in [5.41, 5.74) is 0. The standard InChI is InChI=1S/C12H23NS/c1-9-7-12(10(9)2)13-8-11-3-5-14-6-4-11/h9-13H,3-8H2,1-2H3. The van der Waals surface area contributed by atoms with Crippen molar-refractivity contribution in [3.05, 3.63) is 0 Å². The van der Waals surface area contributed by atoms with E-state index in [9.17, 15) is 0 Å². The zero-order chi connectivity index (χ0) is 9.97. The molecule has 14 heavy (non-hydrogen) atoms. The smallest absolute Gasteiger partial charge is 0.00980 e. The first-order valence-electron chi connectivity index (χ1n) is 6.08. The molecule has 0 aromatic carbocycles. The fourth-order valence-electron chi connectivity index (χ4n) is 2.57. The maximum atomic E-state index is 3.76. The molecule has 2 rings (SSSR count). The molecule has 0 amide bonds. The second-order valence-corrected chi connectivity index (χ2v) is 6.37. The van der Waals surface area contributed by atoms with E-state index >= 15 is 0 Å². The molecule has 0 aromatic rings. The van der Waals surface area contributed by atoms with Crippen molar-refractivity contribution < 1.29 is 0 Å². The van der Waals surface area contributed by atoms with E-state index in [1.165, 1.54) is 37.3 Å². The van der Waals surface area contributed by atoms with Crippen molar-refractivity contribution in [3.8, 4) is 0 Å². The number of nitrogens with one attached hydrogen (secondary N) is 1. The highest BCUT2D eigenvalue weighted by Crippen LogP contribution is 2.34. The summed E-state index contributed by atoms with van der Waals surface area (Å²) >= 11 is 2.13. The topological polar surface area (TPSA) is 12.0 Å². The molecule has 1 nitrogen and oxygen atoms in total. The largest absolute Gasteiger partial charge is 0.313 e. The van der Waals surface area contributed by atoms with Crippen molar-refractivity contribution in [2.75, 3.05) is 18.1 Å². The minimum atomic E-state index is 0.833. The van der Waals surface area contributed by atoms with Crippen molar-refractivity contribution in [3.63, 3.8) is 0 Å². The fourth-order valence-corrected chi connectivity index (χ4v) is 3.77. The predicted molar refractivity (Wildman–Crippen MR) is 64.8 cm³/mol. The average molecular weight is 213 g/mol. The molecule has 0 radical (unpaired) electrons. The van der Waals surface area contributed by atoms with Crippen LogP contribution in [0.15, 0.2) is 0 Å². The summed E-state index contributed by atoms with van der Waals surface area (Å²) in [5, 5.41) is 3.76. The molecule has 3 unspecified atom stereocenters. The van der Waals surface area contributed by atoms with Crippen molar-refractivity contribution >= 4 is 11.8 Å². The molecule has 1 saturated heterocycles. The summed E-state index contributed by atoms with van der Waals surface area (Å²) in [6.07, 6.45) is 4.28. The molecule has 0 spiro atoms. The molecular formula is C12H23NS. The van der Waals surface area contributed by atoms with Gasteiger partial charge in [-0.2, -0.15) is 11.8 Å². The second kappa shape index (κ2) is 4.89. The first kappa shape index (κ1) is 10.8. The third-order valence-corrected chi connectivity index (χ3v) is 5.22. The lowest BCUT2D eigenvalue weighted by atomic mass is 9.71. The van der Waals surface area contributed by atoms with Crippen LogP contribution in [-0.4, -0.2) is 24.1 Å². The Morgan fingerprint density at radius 3 is 2.50 bits per heavy atom. The summed E-state index contributed by atoms with van der Waals surface area (Å²) in [6, 6.07) is 0.833. The van der Waals surface area contributed by atoms with Crippen LogP contribution in [0.4, 0.5) is 0 Å². The van der Waals surface area contributed by atoms with Crippen molar-refractivity contribution in [1.29, 1.82) is 0 Å². The SMILES string of the molecule is CC1CC(NCC2CCSCC2)C1C. The van der Waals surface area contributed by atoms with Gasteiger partial charge in [0.1, 0.15) is 0 Å². The zero-order valence-corrected chi connectivity index (χ0v) is 10.3. The van der Waals surface area contributed by atoms with Crippen molar-refractivity contribution in [2.45, 2.75) is 39.2 Å². The van der Waals surface area contributed by atoms with E-state index in [4.69, 9.17) is 0 Å². The molecule has 1 heterocycles. The molecule has 1 saturated carbocycles. The summed E-state index contributed by atoms with van der Waals surface area (Å²) in [4.78, 5) is 0. The molecular weight excluding hydrogens is 190 g/mol. The maximum Gasteiger partial charge on any atom is 0.00980 e. The fraction of sp³-hybridized carbons (Fsp3) is 1.00. The van der Waals surface area contributed by atoms with Gasteiger partial charge in [0, 0.05) is 6.04 Å². The third-order valence-electron chi connectivity index (χ3n) is 4.17. The van der Waals surface area contributed by atoms with Gasteiger partial charge in [0.15, 0.2) is 0 Å². The van der Waals surface area contributed by atoms with Crippen LogP contribution in [0.1, 0.15) is 33.1 Å². The zero-order valence-electron chi connectivity index (χ0n) is 9.46. The van der Waals surface area contributed by atoms with E-state index < -0.39 is 0 Å². The average Bonchev–Trinajstić information content (AvgIpc) is 2.25. The molecule has 2 fully saturated rings. The summed E-state index contributed by atoms with van der Waals surface area (Å²) in [7, 11) is 0. The van der Waals surface area contributed by atoms with Crippen LogP contribution in [0, 0.1) is 17.8 Å². The van der Waals surface area contributed by atoms with Gasteiger partial charge in [0.05, 0.1) is 0 Å². The Bertz CT molecular complexity index is 172. The minimum absolute atomic E-state index is 0.833. The second-order valence-electron chi connectivity index (χ2n) is 5.14. The van der Waals surface area contributed by atoms with Crippen LogP contribution in [-0.2, 0) is 0 Å². The Hall–Kier alpha value is 0.310. The Kier molecular flexibility index (Phi) is 3.78. The third kappa shape index (κ3) is 2.46. The van der Waals surface area contributed by atoms with Crippen LogP contribution in [0.3, 0.4) is 0 Å². The Balaban J connectivity index is 1.62. The van der Waals surface area contributed by atoms with Crippen LogP contribution >= 0.6 is 11.8 Å². The van der Waals surface area contributed by atoms with Gasteiger partial charge in [0.25, 0.3) is 0 Å². The lowest BCUT2D eigenvalue weighted by molar-refractivity contribution is 0.132. The Morgan fingerprint density at radius 1 is 1.21 bits per heavy atom.